The van der Waals surface area contributed by atoms with Crippen molar-refractivity contribution in [3.05, 3.63) is 0 Å². The van der Waals surface area contributed by atoms with Crippen LogP contribution in [-0.2, 0) is 14.3 Å². The van der Waals surface area contributed by atoms with Crippen LogP contribution < -0.4 is 10.6 Å². The molecule has 1 rings (SSSR count). The Kier molecular flexibility index (Phi) is 7.67. The van der Waals surface area contributed by atoms with Gasteiger partial charge in [-0.25, -0.2) is 0 Å². The summed E-state index contributed by atoms with van der Waals surface area (Å²) in [5.41, 5.74) is -0.459. The summed E-state index contributed by atoms with van der Waals surface area (Å²) in [6, 6.07) is 0. The van der Waals surface area contributed by atoms with E-state index in [4.69, 9.17) is 4.74 Å². The summed E-state index contributed by atoms with van der Waals surface area (Å²) >= 11 is 0. The first kappa shape index (κ1) is 17.9. The van der Waals surface area contributed by atoms with Gasteiger partial charge in [-0.05, 0) is 32.2 Å². The molecule has 6 nitrogen and oxygen atoms in total. The van der Waals surface area contributed by atoms with Crippen LogP contribution in [0.2, 0.25) is 0 Å². The number of methoxy groups -OCH3 is 1. The van der Waals surface area contributed by atoms with Crippen molar-refractivity contribution < 1.29 is 14.3 Å². The molecule has 0 aliphatic carbocycles. The minimum Gasteiger partial charge on any atom is -0.385 e. The van der Waals surface area contributed by atoms with Crippen LogP contribution in [0.3, 0.4) is 0 Å². The number of nitrogens with zero attached hydrogens (tertiary/aromatic N) is 1. The van der Waals surface area contributed by atoms with Gasteiger partial charge in [0.05, 0.1) is 12.1 Å². The number of ether oxygens (including phenoxy) is 1. The van der Waals surface area contributed by atoms with Crippen LogP contribution in [0.25, 0.3) is 0 Å². The lowest BCUT2D eigenvalue weighted by atomic mass is 9.90. The SMILES string of the molecule is CCCC1(C(=O)N(C)CC(=O)NCCCOC)CCCN1. The highest BCUT2D eigenvalue weighted by atomic mass is 16.5. The van der Waals surface area contributed by atoms with Crippen molar-refractivity contribution in [2.24, 2.45) is 0 Å². The second-order valence-corrected chi connectivity index (χ2v) is 5.72. The molecule has 2 N–H and O–H groups in total. The molecule has 1 aliphatic rings. The molecule has 0 bridgehead atoms. The molecule has 0 radical (unpaired) electrons. The van der Waals surface area contributed by atoms with Crippen molar-refractivity contribution in [2.45, 2.75) is 44.6 Å². The van der Waals surface area contributed by atoms with E-state index in [1.165, 1.54) is 0 Å². The molecule has 0 saturated carbocycles. The Balaban J connectivity index is 2.44. The van der Waals surface area contributed by atoms with Crippen LogP contribution in [0.1, 0.15) is 39.0 Å². The molecule has 0 aromatic heterocycles. The summed E-state index contributed by atoms with van der Waals surface area (Å²) in [5.74, 6) is -0.0829. The lowest BCUT2D eigenvalue weighted by Crippen LogP contribution is -2.55. The van der Waals surface area contributed by atoms with E-state index in [1.807, 2.05) is 0 Å². The zero-order chi connectivity index (χ0) is 15.7. The lowest BCUT2D eigenvalue weighted by Gasteiger charge is -2.32. The van der Waals surface area contributed by atoms with Crippen LogP contribution in [-0.4, -0.2) is 62.7 Å². The maximum Gasteiger partial charge on any atom is 0.243 e. The molecule has 1 saturated heterocycles. The van der Waals surface area contributed by atoms with E-state index in [0.717, 1.165) is 38.6 Å². The number of carbonyl (C=O) groups excluding carboxylic acids is 2. The van der Waals surface area contributed by atoms with E-state index < -0.39 is 5.54 Å². The predicted molar refractivity (Wildman–Crippen MR) is 82.0 cm³/mol. The van der Waals surface area contributed by atoms with Gasteiger partial charge in [0.1, 0.15) is 0 Å². The predicted octanol–water partition coefficient (Wildman–Crippen LogP) is 0.520. The van der Waals surface area contributed by atoms with Gasteiger partial charge in [0.2, 0.25) is 11.8 Å². The number of hydrogen-bond acceptors (Lipinski definition) is 4. The molecule has 1 unspecified atom stereocenters. The van der Waals surface area contributed by atoms with Gasteiger partial charge in [0, 0.05) is 27.3 Å². The second-order valence-electron chi connectivity index (χ2n) is 5.72. The Hall–Kier alpha value is -1.14. The summed E-state index contributed by atoms with van der Waals surface area (Å²) in [4.78, 5) is 26.0. The van der Waals surface area contributed by atoms with Crippen LogP contribution in [0.15, 0.2) is 0 Å². The zero-order valence-electron chi connectivity index (χ0n) is 13.5. The largest absolute Gasteiger partial charge is 0.385 e. The first-order valence-corrected chi connectivity index (χ1v) is 7.82. The fourth-order valence-corrected chi connectivity index (χ4v) is 2.89. The smallest absolute Gasteiger partial charge is 0.243 e. The molecule has 6 heteroatoms. The van der Waals surface area contributed by atoms with Crippen molar-refractivity contribution in [2.75, 3.05) is 40.4 Å². The molecule has 1 aliphatic heterocycles. The number of nitrogens with one attached hydrogen (secondary N) is 2. The van der Waals surface area contributed by atoms with Crippen molar-refractivity contribution in [3.63, 3.8) is 0 Å². The van der Waals surface area contributed by atoms with Gasteiger partial charge in [-0.3, -0.25) is 9.59 Å². The maximum absolute atomic E-state index is 12.6. The maximum atomic E-state index is 12.6. The molecule has 1 fully saturated rings. The van der Waals surface area contributed by atoms with E-state index >= 15 is 0 Å². The van der Waals surface area contributed by atoms with E-state index in [-0.39, 0.29) is 18.4 Å². The number of rotatable bonds is 9. The quantitative estimate of drug-likeness (QED) is 0.609. The first-order chi connectivity index (χ1) is 10.1. The summed E-state index contributed by atoms with van der Waals surface area (Å²) < 4.78 is 4.93. The topological polar surface area (TPSA) is 70.7 Å². The zero-order valence-corrected chi connectivity index (χ0v) is 13.5. The Bertz CT molecular complexity index is 341. The molecule has 1 atom stereocenters. The van der Waals surface area contributed by atoms with E-state index in [0.29, 0.717) is 13.2 Å². The fourth-order valence-electron chi connectivity index (χ4n) is 2.89. The number of likely N-dealkylation sites (N-methyl/N-ethyl adjacent to an activating group) is 1. The third-order valence-electron chi connectivity index (χ3n) is 3.90. The molecule has 0 aromatic rings. The van der Waals surface area contributed by atoms with Gasteiger partial charge >= 0.3 is 0 Å². The van der Waals surface area contributed by atoms with Gasteiger partial charge in [-0.1, -0.05) is 13.3 Å². The average molecular weight is 299 g/mol. The standard InChI is InChI=1S/C15H29N3O3/c1-4-7-15(8-5-10-17-15)14(20)18(2)12-13(19)16-9-6-11-21-3/h17H,4-12H2,1-3H3,(H,16,19). The van der Waals surface area contributed by atoms with Gasteiger partial charge in [-0.2, -0.15) is 0 Å². The molecular formula is C15H29N3O3. The van der Waals surface area contributed by atoms with Crippen molar-refractivity contribution >= 4 is 11.8 Å². The van der Waals surface area contributed by atoms with Gasteiger partial charge in [0.15, 0.2) is 0 Å². The third kappa shape index (κ3) is 5.28. The van der Waals surface area contributed by atoms with E-state index in [2.05, 4.69) is 17.6 Å². The Labute approximate surface area is 127 Å². The Morgan fingerprint density at radius 3 is 2.76 bits per heavy atom. The number of carbonyl (C=O) groups is 2. The van der Waals surface area contributed by atoms with E-state index in [1.54, 1.807) is 19.1 Å². The van der Waals surface area contributed by atoms with Gasteiger partial charge < -0.3 is 20.3 Å². The normalized spacial score (nSPS) is 21.3. The summed E-state index contributed by atoms with van der Waals surface area (Å²) in [6.45, 7) is 4.27. The fraction of sp³-hybridized carbons (Fsp3) is 0.867. The van der Waals surface area contributed by atoms with Gasteiger partial charge in [-0.15, -0.1) is 0 Å². The molecule has 1 heterocycles. The minimum atomic E-state index is -0.459. The number of hydrogen-bond donors (Lipinski definition) is 2. The van der Waals surface area contributed by atoms with Gasteiger partial charge in [0.25, 0.3) is 0 Å². The Morgan fingerprint density at radius 1 is 1.43 bits per heavy atom. The average Bonchev–Trinajstić information content (AvgIpc) is 2.93. The van der Waals surface area contributed by atoms with Crippen LogP contribution in [0, 0.1) is 0 Å². The summed E-state index contributed by atoms with van der Waals surface area (Å²) in [7, 11) is 3.34. The number of amides is 2. The first-order valence-electron chi connectivity index (χ1n) is 7.82. The lowest BCUT2D eigenvalue weighted by molar-refractivity contribution is -0.140. The van der Waals surface area contributed by atoms with E-state index in [9.17, 15) is 9.59 Å². The highest BCUT2D eigenvalue weighted by Gasteiger charge is 2.41. The molecule has 2 amide bonds. The van der Waals surface area contributed by atoms with Crippen LogP contribution >= 0.6 is 0 Å². The highest BCUT2D eigenvalue weighted by Crippen LogP contribution is 2.26. The second kappa shape index (κ2) is 9.00. The molecule has 0 aromatic carbocycles. The Morgan fingerprint density at radius 2 is 2.19 bits per heavy atom. The molecule has 21 heavy (non-hydrogen) atoms. The monoisotopic (exact) mass is 299 g/mol. The van der Waals surface area contributed by atoms with Crippen LogP contribution in [0.5, 0.6) is 0 Å². The molecule has 122 valence electrons. The summed E-state index contributed by atoms with van der Waals surface area (Å²) in [6.07, 6.45) is 4.44. The minimum absolute atomic E-state index is 0.0360. The highest BCUT2D eigenvalue weighted by molar-refractivity contribution is 5.90. The molecular weight excluding hydrogens is 270 g/mol. The van der Waals surface area contributed by atoms with Crippen molar-refractivity contribution in [1.29, 1.82) is 0 Å². The third-order valence-corrected chi connectivity index (χ3v) is 3.90. The van der Waals surface area contributed by atoms with Crippen molar-refractivity contribution in [3.8, 4) is 0 Å². The van der Waals surface area contributed by atoms with Crippen LogP contribution in [0.4, 0.5) is 0 Å². The summed E-state index contributed by atoms with van der Waals surface area (Å²) in [5, 5.41) is 6.15. The van der Waals surface area contributed by atoms with Crippen molar-refractivity contribution in [1.82, 2.24) is 15.5 Å². The molecule has 0 spiro atoms.